The van der Waals surface area contributed by atoms with Crippen LogP contribution in [0, 0.1) is 0 Å². The first-order valence-corrected chi connectivity index (χ1v) is 6.46. The Morgan fingerprint density at radius 2 is 1.71 bits per heavy atom. The normalized spacial score (nSPS) is 14.9. The first kappa shape index (κ1) is 11.3. The predicted molar refractivity (Wildman–Crippen MR) is 60.9 cm³/mol. The standard InChI is InChI=1S/C10H16NO2P/c1-11(2)9-5-7-10(8-6-9)14(4,12)13-3/h5-8H,1-4H3/t14-/m0/s1. The molecule has 0 heterocycles. The molecule has 1 aromatic rings. The highest BCUT2D eigenvalue weighted by atomic mass is 31.2. The van der Waals surface area contributed by atoms with Gasteiger partial charge in [0.05, 0.1) is 0 Å². The third kappa shape index (κ3) is 2.37. The van der Waals surface area contributed by atoms with Gasteiger partial charge >= 0.3 is 0 Å². The molecular formula is C10H16NO2P. The maximum atomic E-state index is 11.8. The number of hydrogen-bond donors (Lipinski definition) is 0. The number of benzene rings is 1. The lowest BCUT2D eigenvalue weighted by Crippen LogP contribution is -2.11. The molecule has 0 radical (unpaired) electrons. The molecule has 1 rings (SSSR count). The van der Waals surface area contributed by atoms with Crippen molar-refractivity contribution in [2.24, 2.45) is 0 Å². The molecule has 1 aromatic carbocycles. The van der Waals surface area contributed by atoms with E-state index in [0.717, 1.165) is 11.0 Å². The molecule has 0 aliphatic carbocycles. The van der Waals surface area contributed by atoms with Crippen LogP contribution in [0.3, 0.4) is 0 Å². The summed E-state index contributed by atoms with van der Waals surface area (Å²) in [5.74, 6) is 0. The van der Waals surface area contributed by atoms with Crippen molar-refractivity contribution < 1.29 is 9.09 Å². The maximum Gasteiger partial charge on any atom is 0.228 e. The van der Waals surface area contributed by atoms with E-state index < -0.39 is 7.37 Å². The minimum Gasteiger partial charge on any atom is -0.378 e. The SMILES string of the molecule is CO[P@](C)(=O)c1ccc(N(C)C)cc1. The van der Waals surface area contributed by atoms with Crippen molar-refractivity contribution in [2.45, 2.75) is 0 Å². The molecule has 0 aliphatic heterocycles. The molecule has 0 spiro atoms. The lowest BCUT2D eigenvalue weighted by molar-refractivity contribution is 0.408. The van der Waals surface area contributed by atoms with E-state index in [9.17, 15) is 4.57 Å². The summed E-state index contributed by atoms with van der Waals surface area (Å²) in [5, 5.41) is 0.755. The summed E-state index contributed by atoms with van der Waals surface area (Å²) in [7, 11) is 2.82. The molecule has 0 fully saturated rings. The molecule has 14 heavy (non-hydrogen) atoms. The molecule has 0 unspecified atom stereocenters. The zero-order chi connectivity index (χ0) is 10.8. The summed E-state index contributed by atoms with van der Waals surface area (Å²) >= 11 is 0. The molecular weight excluding hydrogens is 197 g/mol. The van der Waals surface area contributed by atoms with E-state index in [2.05, 4.69) is 0 Å². The Balaban J connectivity index is 3.00. The Labute approximate surface area is 85.1 Å². The van der Waals surface area contributed by atoms with E-state index in [0.29, 0.717) is 0 Å². The summed E-state index contributed by atoms with van der Waals surface area (Å²) in [6.07, 6.45) is 0. The Bertz CT molecular complexity index is 346. The molecule has 0 amide bonds. The van der Waals surface area contributed by atoms with Gasteiger partial charge in [0, 0.05) is 38.9 Å². The highest BCUT2D eigenvalue weighted by Crippen LogP contribution is 2.40. The van der Waals surface area contributed by atoms with Gasteiger partial charge in [0.15, 0.2) is 0 Å². The number of rotatable bonds is 3. The highest BCUT2D eigenvalue weighted by Gasteiger charge is 2.16. The zero-order valence-electron chi connectivity index (χ0n) is 9.02. The van der Waals surface area contributed by atoms with E-state index in [1.807, 2.05) is 43.3 Å². The van der Waals surface area contributed by atoms with Gasteiger partial charge in [0.1, 0.15) is 0 Å². The second-order valence-electron chi connectivity index (χ2n) is 3.44. The van der Waals surface area contributed by atoms with Gasteiger partial charge in [-0.05, 0) is 24.3 Å². The molecule has 0 bridgehead atoms. The maximum absolute atomic E-state index is 11.8. The molecule has 0 N–H and O–H groups in total. The van der Waals surface area contributed by atoms with Crippen molar-refractivity contribution in [1.82, 2.24) is 0 Å². The van der Waals surface area contributed by atoms with Gasteiger partial charge in [-0.25, -0.2) is 0 Å². The van der Waals surface area contributed by atoms with Gasteiger partial charge in [-0.15, -0.1) is 0 Å². The van der Waals surface area contributed by atoms with E-state index >= 15 is 0 Å². The quantitative estimate of drug-likeness (QED) is 0.718. The van der Waals surface area contributed by atoms with E-state index in [-0.39, 0.29) is 0 Å². The fraction of sp³-hybridized carbons (Fsp3) is 0.400. The lowest BCUT2D eigenvalue weighted by Gasteiger charge is -2.15. The van der Waals surface area contributed by atoms with Gasteiger partial charge in [-0.2, -0.15) is 0 Å². The summed E-state index contributed by atoms with van der Waals surface area (Å²) < 4.78 is 16.8. The lowest BCUT2D eigenvalue weighted by atomic mass is 10.3. The zero-order valence-corrected chi connectivity index (χ0v) is 9.91. The summed E-state index contributed by atoms with van der Waals surface area (Å²) in [5.41, 5.74) is 1.09. The van der Waals surface area contributed by atoms with Gasteiger partial charge in [-0.1, -0.05) is 0 Å². The molecule has 0 saturated heterocycles. The van der Waals surface area contributed by atoms with Crippen LogP contribution in [-0.4, -0.2) is 27.9 Å². The topological polar surface area (TPSA) is 29.5 Å². The molecule has 0 saturated carbocycles. The van der Waals surface area contributed by atoms with Gasteiger partial charge < -0.3 is 9.42 Å². The fourth-order valence-corrected chi connectivity index (χ4v) is 2.03. The number of nitrogens with zero attached hydrogens (tertiary/aromatic N) is 1. The molecule has 3 nitrogen and oxygen atoms in total. The van der Waals surface area contributed by atoms with E-state index in [1.54, 1.807) is 6.66 Å². The van der Waals surface area contributed by atoms with E-state index in [1.165, 1.54) is 7.11 Å². The van der Waals surface area contributed by atoms with Crippen molar-refractivity contribution >= 4 is 18.4 Å². The summed E-state index contributed by atoms with van der Waals surface area (Å²) in [4.78, 5) is 2.00. The first-order valence-electron chi connectivity index (χ1n) is 4.38. The minimum absolute atomic E-state index is 0.755. The van der Waals surface area contributed by atoms with Crippen LogP contribution < -0.4 is 10.2 Å². The third-order valence-electron chi connectivity index (χ3n) is 2.18. The molecule has 78 valence electrons. The van der Waals surface area contributed by atoms with Crippen molar-refractivity contribution in [1.29, 1.82) is 0 Å². The van der Waals surface area contributed by atoms with Crippen LogP contribution in [0.25, 0.3) is 0 Å². The number of anilines is 1. The molecule has 0 aliphatic rings. The van der Waals surface area contributed by atoms with Crippen LogP contribution in [-0.2, 0) is 9.09 Å². The van der Waals surface area contributed by atoms with Crippen LogP contribution in [0.4, 0.5) is 5.69 Å². The predicted octanol–water partition coefficient (Wildman–Crippen LogP) is 1.93. The smallest absolute Gasteiger partial charge is 0.228 e. The Hall–Kier alpha value is -0.790. The molecule has 0 aromatic heterocycles. The van der Waals surface area contributed by atoms with Crippen LogP contribution in [0.15, 0.2) is 24.3 Å². The largest absolute Gasteiger partial charge is 0.378 e. The van der Waals surface area contributed by atoms with Gasteiger partial charge in [0.2, 0.25) is 7.37 Å². The van der Waals surface area contributed by atoms with Crippen LogP contribution in [0.5, 0.6) is 0 Å². The summed E-state index contributed by atoms with van der Waals surface area (Å²) in [6, 6.07) is 7.56. The number of hydrogen-bond acceptors (Lipinski definition) is 3. The molecule has 1 atom stereocenters. The van der Waals surface area contributed by atoms with Crippen LogP contribution in [0.1, 0.15) is 0 Å². The average molecular weight is 213 g/mol. The highest BCUT2D eigenvalue weighted by molar-refractivity contribution is 7.66. The van der Waals surface area contributed by atoms with Crippen LogP contribution in [0.2, 0.25) is 0 Å². The second kappa shape index (κ2) is 4.16. The van der Waals surface area contributed by atoms with Crippen molar-refractivity contribution in [3.63, 3.8) is 0 Å². The van der Waals surface area contributed by atoms with Gasteiger partial charge in [0.25, 0.3) is 0 Å². The van der Waals surface area contributed by atoms with Crippen LogP contribution >= 0.6 is 7.37 Å². The monoisotopic (exact) mass is 213 g/mol. The second-order valence-corrected chi connectivity index (χ2v) is 6.01. The fourth-order valence-electron chi connectivity index (χ4n) is 1.13. The van der Waals surface area contributed by atoms with Crippen molar-refractivity contribution in [3.8, 4) is 0 Å². The third-order valence-corrected chi connectivity index (χ3v) is 4.12. The van der Waals surface area contributed by atoms with Crippen molar-refractivity contribution in [2.75, 3.05) is 32.8 Å². The minimum atomic E-state index is -2.59. The Kier molecular flexibility index (Phi) is 3.35. The molecule has 4 heteroatoms. The van der Waals surface area contributed by atoms with Crippen molar-refractivity contribution in [3.05, 3.63) is 24.3 Å². The van der Waals surface area contributed by atoms with E-state index in [4.69, 9.17) is 4.52 Å². The summed E-state index contributed by atoms with van der Waals surface area (Å²) in [6.45, 7) is 1.62. The first-order chi connectivity index (χ1) is 6.47. The van der Waals surface area contributed by atoms with Gasteiger partial charge in [-0.3, -0.25) is 4.57 Å². The Morgan fingerprint density at radius 3 is 2.07 bits per heavy atom. The average Bonchev–Trinajstić information content (AvgIpc) is 2.18. The Morgan fingerprint density at radius 1 is 1.21 bits per heavy atom.